The van der Waals surface area contributed by atoms with E-state index in [2.05, 4.69) is 41.2 Å². The van der Waals surface area contributed by atoms with Crippen molar-refractivity contribution in [2.75, 3.05) is 5.75 Å². The summed E-state index contributed by atoms with van der Waals surface area (Å²) >= 11 is 3.46. The molecule has 1 aliphatic rings. The van der Waals surface area contributed by atoms with Crippen LogP contribution in [0.5, 0.6) is 0 Å². The number of allylic oxidation sites excluding steroid dienone is 1. The van der Waals surface area contributed by atoms with Crippen molar-refractivity contribution in [1.29, 1.82) is 0 Å². The standard InChI is InChI=1S/C22H32N2OS2/c1-7-11-24-20(25)18-16-9-8-15(22(4,5)6)13-17(16)27-19(18)23-21(24)26-12-10-14(2)3/h7,14-15H,1,8-13H2,2-6H3. The van der Waals surface area contributed by atoms with Gasteiger partial charge in [0.25, 0.3) is 5.56 Å². The first-order valence-electron chi connectivity index (χ1n) is 10.0. The predicted octanol–water partition coefficient (Wildman–Crippen LogP) is 5.93. The topological polar surface area (TPSA) is 34.9 Å². The molecule has 3 nitrogen and oxygen atoms in total. The molecule has 0 saturated heterocycles. The van der Waals surface area contributed by atoms with E-state index in [1.165, 1.54) is 10.4 Å². The summed E-state index contributed by atoms with van der Waals surface area (Å²) in [7, 11) is 0. The molecule has 5 heteroatoms. The normalized spacial score (nSPS) is 17.5. The summed E-state index contributed by atoms with van der Waals surface area (Å²) in [5.41, 5.74) is 1.70. The van der Waals surface area contributed by atoms with Crippen molar-refractivity contribution in [1.82, 2.24) is 9.55 Å². The van der Waals surface area contributed by atoms with Crippen LogP contribution < -0.4 is 5.56 Å². The fourth-order valence-electron chi connectivity index (χ4n) is 3.77. The monoisotopic (exact) mass is 404 g/mol. The third-order valence-electron chi connectivity index (χ3n) is 5.60. The van der Waals surface area contributed by atoms with Crippen LogP contribution in [-0.4, -0.2) is 15.3 Å². The number of thioether (sulfide) groups is 1. The number of aromatic nitrogens is 2. The van der Waals surface area contributed by atoms with Gasteiger partial charge in [-0.25, -0.2) is 4.98 Å². The summed E-state index contributed by atoms with van der Waals surface area (Å²) in [6, 6.07) is 0. The zero-order valence-electron chi connectivity index (χ0n) is 17.3. The molecular weight excluding hydrogens is 372 g/mol. The van der Waals surface area contributed by atoms with Gasteiger partial charge in [-0.3, -0.25) is 9.36 Å². The lowest BCUT2D eigenvalue weighted by atomic mass is 9.72. The Kier molecular flexibility index (Phi) is 6.21. The van der Waals surface area contributed by atoms with Crippen molar-refractivity contribution < 1.29 is 0 Å². The summed E-state index contributed by atoms with van der Waals surface area (Å²) in [4.78, 5) is 20.6. The first-order chi connectivity index (χ1) is 12.7. The second kappa shape index (κ2) is 8.12. The largest absolute Gasteiger partial charge is 0.283 e. The molecule has 3 rings (SSSR count). The van der Waals surface area contributed by atoms with Crippen LogP contribution in [0, 0.1) is 17.3 Å². The summed E-state index contributed by atoms with van der Waals surface area (Å²) in [6.07, 6.45) is 6.17. The fraction of sp³-hybridized carbons (Fsp3) is 0.636. The molecule has 0 aliphatic heterocycles. The van der Waals surface area contributed by atoms with E-state index in [4.69, 9.17) is 4.98 Å². The Morgan fingerprint density at radius 3 is 2.78 bits per heavy atom. The molecule has 2 aromatic rings. The minimum absolute atomic E-state index is 0.124. The van der Waals surface area contributed by atoms with E-state index < -0.39 is 0 Å². The first kappa shape index (κ1) is 20.7. The molecule has 0 amide bonds. The molecule has 0 spiro atoms. The van der Waals surface area contributed by atoms with Gasteiger partial charge in [-0.05, 0) is 48.5 Å². The lowest BCUT2D eigenvalue weighted by Gasteiger charge is -2.33. The molecule has 1 aliphatic carbocycles. The molecular formula is C22H32N2OS2. The highest BCUT2D eigenvalue weighted by atomic mass is 32.2. The Bertz CT molecular complexity index is 886. The second-order valence-corrected chi connectivity index (χ2v) is 11.3. The summed E-state index contributed by atoms with van der Waals surface area (Å²) in [5.74, 6) is 2.32. The van der Waals surface area contributed by atoms with Crippen LogP contribution in [0.3, 0.4) is 0 Å². The van der Waals surface area contributed by atoms with Crippen LogP contribution >= 0.6 is 23.1 Å². The fourth-order valence-corrected chi connectivity index (χ4v) is 6.35. The smallest absolute Gasteiger partial charge is 0.263 e. The van der Waals surface area contributed by atoms with Crippen LogP contribution in [0.2, 0.25) is 0 Å². The zero-order chi connectivity index (χ0) is 19.8. The van der Waals surface area contributed by atoms with Crippen LogP contribution in [0.4, 0.5) is 0 Å². The Hall–Kier alpha value is -1.07. The van der Waals surface area contributed by atoms with Gasteiger partial charge in [-0.1, -0.05) is 52.5 Å². The van der Waals surface area contributed by atoms with Gasteiger partial charge >= 0.3 is 0 Å². The number of hydrogen-bond donors (Lipinski definition) is 0. The Labute approximate surface area is 171 Å². The lowest BCUT2D eigenvalue weighted by molar-refractivity contribution is 0.218. The van der Waals surface area contributed by atoms with E-state index in [9.17, 15) is 4.79 Å². The maximum atomic E-state index is 13.3. The van der Waals surface area contributed by atoms with Crippen LogP contribution in [0.1, 0.15) is 57.9 Å². The van der Waals surface area contributed by atoms with Crippen LogP contribution in [-0.2, 0) is 19.4 Å². The van der Waals surface area contributed by atoms with Gasteiger partial charge in [0, 0.05) is 17.2 Å². The number of rotatable bonds is 6. The number of fused-ring (bicyclic) bond motifs is 3. The van der Waals surface area contributed by atoms with E-state index in [0.717, 1.165) is 46.8 Å². The van der Waals surface area contributed by atoms with Crippen molar-refractivity contribution in [3.05, 3.63) is 33.4 Å². The molecule has 0 bridgehead atoms. The third kappa shape index (κ3) is 4.34. The third-order valence-corrected chi connectivity index (χ3v) is 7.75. The maximum absolute atomic E-state index is 13.3. The van der Waals surface area contributed by atoms with E-state index >= 15 is 0 Å². The van der Waals surface area contributed by atoms with Crippen LogP contribution in [0.25, 0.3) is 10.2 Å². The van der Waals surface area contributed by atoms with E-state index in [-0.39, 0.29) is 5.56 Å². The Morgan fingerprint density at radius 1 is 1.41 bits per heavy atom. The molecule has 0 fully saturated rings. The quantitative estimate of drug-likeness (QED) is 0.340. The van der Waals surface area contributed by atoms with Gasteiger partial charge in [0.05, 0.1) is 5.39 Å². The van der Waals surface area contributed by atoms with Gasteiger partial charge in [-0.2, -0.15) is 0 Å². The minimum atomic E-state index is 0.124. The SMILES string of the molecule is C=CCn1c(SCCC(C)C)nc2sc3c(c2c1=O)CCC(C(C)(C)C)C3. The molecule has 1 atom stereocenters. The van der Waals surface area contributed by atoms with Crippen LogP contribution in [0.15, 0.2) is 22.6 Å². The molecule has 0 saturated carbocycles. The number of nitrogens with zero attached hydrogens (tertiary/aromatic N) is 2. The highest BCUT2D eigenvalue weighted by molar-refractivity contribution is 7.99. The number of hydrogen-bond acceptors (Lipinski definition) is 4. The molecule has 27 heavy (non-hydrogen) atoms. The highest BCUT2D eigenvalue weighted by Gasteiger charge is 2.32. The van der Waals surface area contributed by atoms with Gasteiger partial charge < -0.3 is 0 Å². The molecule has 2 heterocycles. The molecule has 1 unspecified atom stereocenters. The first-order valence-corrected chi connectivity index (χ1v) is 11.8. The molecule has 2 aromatic heterocycles. The van der Waals surface area contributed by atoms with Crippen molar-refractivity contribution in [2.45, 2.75) is 72.0 Å². The van der Waals surface area contributed by atoms with E-state index in [0.29, 0.717) is 23.8 Å². The highest BCUT2D eigenvalue weighted by Crippen LogP contribution is 2.42. The minimum Gasteiger partial charge on any atom is -0.283 e. The number of aryl methyl sites for hydroxylation is 1. The molecule has 0 N–H and O–H groups in total. The average molecular weight is 405 g/mol. The molecule has 0 aromatic carbocycles. The van der Waals surface area contributed by atoms with Gasteiger partial charge in [0.1, 0.15) is 4.83 Å². The number of thiophene rings is 1. The second-order valence-electron chi connectivity index (χ2n) is 9.12. The lowest BCUT2D eigenvalue weighted by Crippen LogP contribution is -2.27. The van der Waals surface area contributed by atoms with Gasteiger partial charge in [-0.15, -0.1) is 17.9 Å². The zero-order valence-corrected chi connectivity index (χ0v) is 18.9. The van der Waals surface area contributed by atoms with Crippen molar-refractivity contribution >= 4 is 33.3 Å². The van der Waals surface area contributed by atoms with Crippen molar-refractivity contribution in [3.63, 3.8) is 0 Å². The summed E-state index contributed by atoms with van der Waals surface area (Å²) in [5, 5.41) is 1.72. The van der Waals surface area contributed by atoms with Gasteiger partial charge in [0.15, 0.2) is 5.16 Å². The summed E-state index contributed by atoms with van der Waals surface area (Å²) < 4.78 is 1.82. The Balaban J connectivity index is 2.03. The molecule has 0 radical (unpaired) electrons. The predicted molar refractivity (Wildman–Crippen MR) is 119 cm³/mol. The maximum Gasteiger partial charge on any atom is 0.263 e. The summed E-state index contributed by atoms with van der Waals surface area (Å²) in [6.45, 7) is 15.8. The van der Waals surface area contributed by atoms with Crippen molar-refractivity contribution in [2.24, 2.45) is 17.3 Å². The Morgan fingerprint density at radius 2 is 2.15 bits per heavy atom. The van der Waals surface area contributed by atoms with Gasteiger partial charge in [0.2, 0.25) is 0 Å². The molecule has 148 valence electrons. The average Bonchev–Trinajstić information content (AvgIpc) is 2.94. The van der Waals surface area contributed by atoms with Crippen molar-refractivity contribution in [3.8, 4) is 0 Å². The van der Waals surface area contributed by atoms with E-state index in [1.54, 1.807) is 29.2 Å². The van der Waals surface area contributed by atoms with E-state index in [1.807, 2.05) is 4.57 Å².